The monoisotopic (exact) mass is 517 g/mol. The molecular formula is C29H28ClN3O4. The molecule has 0 saturated carbocycles. The zero-order chi connectivity index (χ0) is 27.1. The predicted octanol–water partition coefficient (Wildman–Crippen LogP) is 6.15. The molecule has 0 radical (unpaired) electrons. The highest BCUT2D eigenvalue weighted by Crippen LogP contribution is 2.37. The minimum atomic E-state index is -0.548. The highest BCUT2D eigenvalue weighted by Gasteiger charge is 2.16. The lowest BCUT2D eigenvalue weighted by Gasteiger charge is -2.14. The van der Waals surface area contributed by atoms with Gasteiger partial charge >= 0.3 is 0 Å². The van der Waals surface area contributed by atoms with Gasteiger partial charge in [-0.1, -0.05) is 35.4 Å². The molecule has 0 spiro atoms. The molecule has 37 heavy (non-hydrogen) atoms. The molecule has 3 rings (SSSR count). The standard InChI is InChI=1S/C29H28ClN3O4/c1-17-6-9-25(20(4)10-17)33-29(35)22(15-31)12-21-13-24(30)28(26(14-21)36-5)37-16-27(34)32-23-8-7-18(2)19(3)11-23/h6-14H,16H2,1-5H3,(H,32,34)(H,33,35)/b22-12+. The van der Waals surface area contributed by atoms with Crippen molar-refractivity contribution in [3.05, 3.63) is 86.9 Å². The zero-order valence-electron chi connectivity index (χ0n) is 21.4. The lowest BCUT2D eigenvalue weighted by Crippen LogP contribution is -2.20. The smallest absolute Gasteiger partial charge is 0.266 e. The summed E-state index contributed by atoms with van der Waals surface area (Å²) in [4.78, 5) is 25.1. The number of halogens is 1. The third-order valence-electron chi connectivity index (χ3n) is 5.70. The number of carbonyl (C=O) groups excluding carboxylic acids is 2. The Morgan fingerprint density at radius 3 is 2.38 bits per heavy atom. The van der Waals surface area contributed by atoms with Gasteiger partial charge in [-0.3, -0.25) is 9.59 Å². The van der Waals surface area contributed by atoms with E-state index in [0.29, 0.717) is 16.9 Å². The molecule has 190 valence electrons. The molecule has 0 aromatic heterocycles. The molecule has 0 heterocycles. The van der Waals surface area contributed by atoms with Crippen molar-refractivity contribution in [2.45, 2.75) is 27.7 Å². The number of nitrogens with one attached hydrogen (secondary N) is 2. The number of carbonyl (C=O) groups is 2. The van der Waals surface area contributed by atoms with Crippen LogP contribution in [0.3, 0.4) is 0 Å². The van der Waals surface area contributed by atoms with E-state index in [2.05, 4.69) is 10.6 Å². The van der Waals surface area contributed by atoms with Gasteiger partial charge in [0.2, 0.25) is 0 Å². The fourth-order valence-electron chi connectivity index (χ4n) is 3.58. The number of aryl methyl sites for hydroxylation is 4. The van der Waals surface area contributed by atoms with Crippen LogP contribution in [0.4, 0.5) is 11.4 Å². The van der Waals surface area contributed by atoms with Crippen molar-refractivity contribution in [1.29, 1.82) is 5.26 Å². The van der Waals surface area contributed by atoms with E-state index in [0.717, 1.165) is 22.3 Å². The molecule has 8 heteroatoms. The number of methoxy groups -OCH3 is 1. The highest BCUT2D eigenvalue weighted by atomic mass is 35.5. The summed E-state index contributed by atoms with van der Waals surface area (Å²) in [5.74, 6) is -0.479. The van der Waals surface area contributed by atoms with Gasteiger partial charge in [0.25, 0.3) is 11.8 Å². The van der Waals surface area contributed by atoms with Gasteiger partial charge in [0.05, 0.1) is 12.1 Å². The largest absolute Gasteiger partial charge is 0.493 e. The summed E-state index contributed by atoms with van der Waals surface area (Å²) in [6, 6.07) is 16.3. The summed E-state index contributed by atoms with van der Waals surface area (Å²) in [6.45, 7) is 7.51. The van der Waals surface area contributed by atoms with E-state index < -0.39 is 5.91 Å². The van der Waals surface area contributed by atoms with Crippen molar-refractivity contribution in [2.75, 3.05) is 24.4 Å². The van der Waals surface area contributed by atoms with E-state index >= 15 is 0 Å². The Morgan fingerprint density at radius 1 is 0.973 bits per heavy atom. The first kappa shape index (κ1) is 27.3. The van der Waals surface area contributed by atoms with Crippen LogP contribution in [-0.2, 0) is 9.59 Å². The molecule has 2 amide bonds. The van der Waals surface area contributed by atoms with Crippen LogP contribution in [0.25, 0.3) is 6.08 Å². The maximum Gasteiger partial charge on any atom is 0.266 e. The van der Waals surface area contributed by atoms with Gasteiger partial charge in [-0.2, -0.15) is 5.26 Å². The second-order valence-electron chi connectivity index (χ2n) is 8.61. The molecule has 0 fully saturated rings. The number of amides is 2. The Balaban J connectivity index is 1.74. The zero-order valence-corrected chi connectivity index (χ0v) is 22.1. The third-order valence-corrected chi connectivity index (χ3v) is 5.98. The summed E-state index contributed by atoms with van der Waals surface area (Å²) in [5.41, 5.74) is 5.78. The second kappa shape index (κ2) is 12.1. The first-order chi connectivity index (χ1) is 17.6. The van der Waals surface area contributed by atoms with Gasteiger partial charge in [0.1, 0.15) is 11.6 Å². The number of benzene rings is 3. The van der Waals surface area contributed by atoms with Crippen molar-refractivity contribution in [3.63, 3.8) is 0 Å². The summed E-state index contributed by atoms with van der Waals surface area (Å²) < 4.78 is 11.0. The maximum atomic E-state index is 12.7. The van der Waals surface area contributed by atoms with Gasteiger partial charge in [0.15, 0.2) is 18.1 Å². The van der Waals surface area contributed by atoms with Gasteiger partial charge in [0, 0.05) is 11.4 Å². The minimum Gasteiger partial charge on any atom is -0.493 e. The van der Waals surface area contributed by atoms with Gasteiger partial charge in [-0.25, -0.2) is 0 Å². The molecule has 0 aliphatic heterocycles. The van der Waals surface area contributed by atoms with Crippen molar-refractivity contribution >= 4 is 40.9 Å². The van der Waals surface area contributed by atoms with Crippen LogP contribution in [0.15, 0.2) is 54.1 Å². The molecule has 0 aliphatic rings. The second-order valence-corrected chi connectivity index (χ2v) is 9.02. The Kier molecular flexibility index (Phi) is 8.94. The van der Waals surface area contributed by atoms with Gasteiger partial charge in [-0.05, 0) is 86.4 Å². The van der Waals surface area contributed by atoms with Gasteiger partial charge in [-0.15, -0.1) is 0 Å². The number of ether oxygens (including phenoxy) is 2. The maximum absolute atomic E-state index is 12.7. The number of nitriles is 1. The van der Waals surface area contributed by atoms with Crippen molar-refractivity contribution in [3.8, 4) is 17.6 Å². The fourth-order valence-corrected chi connectivity index (χ4v) is 3.85. The van der Waals surface area contributed by atoms with Crippen LogP contribution in [0.2, 0.25) is 5.02 Å². The molecule has 0 bridgehead atoms. The molecule has 0 atom stereocenters. The Labute approximate surface area is 221 Å². The number of anilines is 2. The predicted molar refractivity (Wildman–Crippen MR) is 146 cm³/mol. The molecule has 0 saturated heterocycles. The Bertz CT molecular complexity index is 1420. The van der Waals surface area contributed by atoms with Crippen LogP contribution < -0.4 is 20.1 Å². The van der Waals surface area contributed by atoms with Crippen molar-refractivity contribution in [2.24, 2.45) is 0 Å². The van der Waals surface area contributed by atoms with E-state index in [4.69, 9.17) is 21.1 Å². The number of hydrogen-bond donors (Lipinski definition) is 2. The SMILES string of the molecule is COc1cc(/C=C(\C#N)C(=O)Nc2ccc(C)cc2C)cc(Cl)c1OCC(=O)Nc1ccc(C)c(C)c1. The van der Waals surface area contributed by atoms with Crippen LogP contribution in [0.1, 0.15) is 27.8 Å². The van der Waals surface area contributed by atoms with Crippen LogP contribution in [0, 0.1) is 39.0 Å². The van der Waals surface area contributed by atoms with E-state index in [1.165, 1.54) is 19.3 Å². The Hall–Kier alpha value is -4.28. The summed E-state index contributed by atoms with van der Waals surface area (Å²) in [5, 5.41) is 15.3. The first-order valence-corrected chi connectivity index (χ1v) is 11.9. The molecule has 3 aromatic rings. The van der Waals surface area contributed by atoms with Crippen molar-refractivity contribution in [1.82, 2.24) is 0 Å². The van der Waals surface area contributed by atoms with Crippen molar-refractivity contribution < 1.29 is 19.1 Å². The minimum absolute atomic E-state index is 0.112. The van der Waals surface area contributed by atoms with E-state index in [1.807, 2.05) is 64.1 Å². The average molecular weight is 518 g/mol. The van der Waals surface area contributed by atoms with Crippen LogP contribution >= 0.6 is 11.6 Å². The summed E-state index contributed by atoms with van der Waals surface area (Å²) >= 11 is 6.42. The molecule has 7 nitrogen and oxygen atoms in total. The molecule has 0 aliphatic carbocycles. The topological polar surface area (TPSA) is 100 Å². The average Bonchev–Trinajstić information content (AvgIpc) is 2.85. The van der Waals surface area contributed by atoms with Crippen LogP contribution in [-0.4, -0.2) is 25.5 Å². The summed E-state index contributed by atoms with van der Waals surface area (Å²) in [7, 11) is 1.43. The van der Waals surface area contributed by atoms with E-state index in [1.54, 1.807) is 12.1 Å². The number of hydrogen-bond acceptors (Lipinski definition) is 5. The van der Waals surface area contributed by atoms with Gasteiger partial charge < -0.3 is 20.1 Å². The third kappa shape index (κ3) is 7.12. The normalized spacial score (nSPS) is 10.9. The molecule has 3 aromatic carbocycles. The number of nitrogens with zero attached hydrogens (tertiary/aromatic N) is 1. The molecule has 0 unspecified atom stereocenters. The molecular weight excluding hydrogens is 490 g/mol. The first-order valence-electron chi connectivity index (χ1n) is 11.5. The number of rotatable bonds is 8. The van der Waals surface area contributed by atoms with E-state index in [9.17, 15) is 14.9 Å². The fraction of sp³-hybridized carbons (Fsp3) is 0.207. The lowest BCUT2D eigenvalue weighted by atomic mass is 10.1. The Morgan fingerprint density at radius 2 is 1.73 bits per heavy atom. The quantitative estimate of drug-likeness (QED) is 0.276. The molecule has 2 N–H and O–H groups in total. The van der Waals surface area contributed by atoms with E-state index in [-0.39, 0.29) is 34.6 Å². The summed E-state index contributed by atoms with van der Waals surface area (Å²) in [6.07, 6.45) is 1.41. The van der Waals surface area contributed by atoms with Crippen LogP contribution in [0.5, 0.6) is 11.5 Å². The lowest BCUT2D eigenvalue weighted by molar-refractivity contribution is -0.118. The highest BCUT2D eigenvalue weighted by molar-refractivity contribution is 6.32.